The Morgan fingerprint density at radius 3 is 2.03 bits per heavy atom. The molecule has 1 aliphatic rings. The summed E-state index contributed by atoms with van der Waals surface area (Å²) in [6.07, 6.45) is 1.55. The Kier molecular flexibility index (Phi) is 7.26. The summed E-state index contributed by atoms with van der Waals surface area (Å²) < 4.78 is 11.3. The summed E-state index contributed by atoms with van der Waals surface area (Å²) in [6.45, 7) is 15.2. The first kappa shape index (κ1) is 23.5. The summed E-state index contributed by atoms with van der Waals surface area (Å²) in [5.74, 6) is -0.116. The van der Waals surface area contributed by atoms with Gasteiger partial charge in [-0.2, -0.15) is 0 Å². The number of hydrogen-bond acceptors (Lipinski definition) is 5. The van der Waals surface area contributed by atoms with Crippen molar-refractivity contribution < 1.29 is 19.1 Å². The van der Waals surface area contributed by atoms with Crippen LogP contribution in [0, 0.1) is 11.3 Å². The van der Waals surface area contributed by atoms with Crippen LogP contribution in [-0.4, -0.2) is 28.9 Å². The van der Waals surface area contributed by atoms with E-state index < -0.39 is 28.6 Å². The van der Waals surface area contributed by atoms with Gasteiger partial charge in [0.1, 0.15) is 11.2 Å². The number of thioether (sulfide) groups is 1. The fourth-order valence-electron chi connectivity index (χ4n) is 3.41. The van der Waals surface area contributed by atoms with Crippen molar-refractivity contribution in [2.24, 2.45) is 11.3 Å². The highest BCUT2D eigenvalue weighted by atomic mass is 32.2. The highest BCUT2D eigenvalue weighted by molar-refractivity contribution is 7.99. The summed E-state index contributed by atoms with van der Waals surface area (Å²) in [5, 5.41) is 0. The molecule has 1 fully saturated rings. The van der Waals surface area contributed by atoms with Crippen molar-refractivity contribution in [3.63, 3.8) is 0 Å². The van der Waals surface area contributed by atoms with E-state index in [1.165, 1.54) is 4.90 Å². The van der Waals surface area contributed by atoms with Gasteiger partial charge in [0.05, 0.1) is 0 Å². The lowest BCUT2D eigenvalue weighted by atomic mass is 9.83. The van der Waals surface area contributed by atoms with Gasteiger partial charge in [-0.25, -0.2) is 0 Å². The van der Waals surface area contributed by atoms with Gasteiger partial charge in [0, 0.05) is 10.6 Å². The van der Waals surface area contributed by atoms with E-state index in [4.69, 9.17) is 9.47 Å². The third-order valence-electron chi connectivity index (χ3n) is 4.84. The maximum absolute atomic E-state index is 13.1. The second kappa shape index (κ2) is 8.95. The molecule has 1 aromatic carbocycles. The van der Waals surface area contributed by atoms with Gasteiger partial charge in [-0.05, 0) is 78.9 Å². The first-order chi connectivity index (χ1) is 13.3. The fourth-order valence-corrected chi connectivity index (χ4v) is 4.35. The number of rotatable bonds is 6. The summed E-state index contributed by atoms with van der Waals surface area (Å²) in [7, 11) is 0. The first-order valence-electron chi connectivity index (χ1n) is 10.1. The first-order valence-corrected chi connectivity index (χ1v) is 11.1. The van der Waals surface area contributed by atoms with E-state index in [1.807, 2.05) is 59.7 Å². The van der Waals surface area contributed by atoms with Crippen LogP contribution >= 0.6 is 11.8 Å². The van der Waals surface area contributed by atoms with Crippen molar-refractivity contribution in [2.75, 3.05) is 5.75 Å². The Labute approximate surface area is 179 Å². The Morgan fingerprint density at radius 1 is 1.03 bits per heavy atom. The quantitative estimate of drug-likeness (QED) is 0.253. The molecule has 4 nitrogen and oxygen atoms in total. The predicted molar refractivity (Wildman–Crippen MR) is 118 cm³/mol. The molecule has 0 amide bonds. The summed E-state index contributed by atoms with van der Waals surface area (Å²) in [5.41, 5.74) is -1.53. The Bertz CT molecular complexity index is 712. The molecular weight excluding hydrogens is 384 g/mol. The molecule has 1 saturated carbocycles. The minimum absolute atomic E-state index is 0.0891. The second-order valence-electron chi connectivity index (χ2n) is 9.79. The molecule has 2 rings (SSSR count). The Balaban J connectivity index is 2.14. The van der Waals surface area contributed by atoms with Gasteiger partial charge in [0.2, 0.25) is 0 Å². The fraction of sp³-hybridized carbons (Fsp3) is 0.583. The van der Waals surface area contributed by atoms with Crippen LogP contribution in [0.1, 0.15) is 60.8 Å². The van der Waals surface area contributed by atoms with Gasteiger partial charge >= 0.3 is 11.9 Å². The lowest BCUT2D eigenvalue weighted by Crippen LogP contribution is -2.45. The lowest BCUT2D eigenvalue weighted by molar-refractivity contribution is -0.185. The Hall–Kier alpha value is -1.75. The highest BCUT2D eigenvalue weighted by Gasteiger charge is 2.55. The number of carbonyl (C=O) groups excluding carboxylic acids is 2. The zero-order valence-electron chi connectivity index (χ0n) is 18.5. The third-order valence-corrected chi connectivity index (χ3v) is 5.96. The zero-order chi connectivity index (χ0) is 21.9. The average Bonchev–Trinajstić information content (AvgIpc) is 3.04. The van der Waals surface area contributed by atoms with Gasteiger partial charge < -0.3 is 9.47 Å². The number of ether oxygens (including phenoxy) is 2. The van der Waals surface area contributed by atoms with Crippen molar-refractivity contribution in [1.29, 1.82) is 0 Å². The van der Waals surface area contributed by atoms with Gasteiger partial charge in [0.15, 0.2) is 5.41 Å². The smallest absolute Gasteiger partial charge is 0.324 e. The number of esters is 2. The lowest BCUT2D eigenvalue weighted by Gasteiger charge is -2.32. The molecule has 160 valence electrons. The van der Waals surface area contributed by atoms with Crippen molar-refractivity contribution in [3.05, 3.63) is 42.5 Å². The Morgan fingerprint density at radius 2 is 1.55 bits per heavy atom. The normalized spacial score (nSPS) is 18.9. The summed E-state index contributed by atoms with van der Waals surface area (Å²) in [6, 6.07) is 10.1. The van der Waals surface area contributed by atoms with Crippen molar-refractivity contribution in [2.45, 2.75) is 76.9 Å². The molecule has 0 radical (unpaired) electrons. The van der Waals surface area contributed by atoms with Crippen molar-refractivity contribution in [3.8, 4) is 0 Å². The van der Waals surface area contributed by atoms with Crippen LogP contribution in [0.15, 0.2) is 47.4 Å². The maximum Gasteiger partial charge on any atom is 0.324 e. The van der Waals surface area contributed by atoms with Gasteiger partial charge in [-0.1, -0.05) is 30.4 Å². The molecule has 0 heterocycles. The van der Waals surface area contributed by atoms with E-state index in [-0.39, 0.29) is 5.92 Å². The topological polar surface area (TPSA) is 52.6 Å². The average molecular weight is 419 g/mol. The van der Waals surface area contributed by atoms with Gasteiger partial charge in [-0.3, -0.25) is 9.59 Å². The molecule has 5 heteroatoms. The van der Waals surface area contributed by atoms with E-state index in [1.54, 1.807) is 11.8 Å². The molecule has 0 aliphatic heterocycles. The minimum atomic E-state index is -1.26. The summed E-state index contributed by atoms with van der Waals surface area (Å²) in [4.78, 5) is 27.4. The van der Waals surface area contributed by atoms with E-state index in [0.29, 0.717) is 12.8 Å². The van der Waals surface area contributed by atoms with Crippen LogP contribution in [0.5, 0.6) is 0 Å². The molecular formula is C24H34O4S. The summed E-state index contributed by atoms with van der Waals surface area (Å²) >= 11 is 1.72. The minimum Gasteiger partial charge on any atom is -0.459 e. The van der Waals surface area contributed by atoms with Crippen LogP contribution in [0.4, 0.5) is 0 Å². The van der Waals surface area contributed by atoms with Gasteiger partial charge in [-0.15, -0.1) is 11.8 Å². The largest absolute Gasteiger partial charge is 0.459 e. The molecule has 1 unspecified atom stereocenters. The van der Waals surface area contributed by atoms with E-state index >= 15 is 0 Å². The second-order valence-corrected chi connectivity index (χ2v) is 10.8. The molecule has 1 aliphatic carbocycles. The van der Waals surface area contributed by atoms with Crippen LogP contribution < -0.4 is 0 Å². The SMILES string of the molecule is C=C(CSc1ccccc1)C1CCC(C(=O)OC(C)(C)C)(C(=O)OC(C)(C)C)C1. The molecule has 1 atom stereocenters. The van der Waals surface area contributed by atoms with Crippen LogP contribution in [0.25, 0.3) is 0 Å². The van der Waals surface area contributed by atoms with Crippen LogP contribution in [-0.2, 0) is 19.1 Å². The molecule has 0 bridgehead atoms. The van der Waals surface area contributed by atoms with E-state index in [9.17, 15) is 9.59 Å². The third kappa shape index (κ3) is 6.63. The zero-order valence-corrected chi connectivity index (χ0v) is 19.4. The van der Waals surface area contributed by atoms with Crippen molar-refractivity contribution in [1.82, 2.24) is 0 Å². The molecule has 0 saturated heterocycles. The number of hydrogen-bond donors (Lipinski definition) is 0. The van der Waals surface area contributed by atoms with Crippen LogP contribution in [0.3, 0.4) is 0 Å². The molecule has 29 heavy (non-hydrogen) atoms. The molecule has 0 N–H and O–H groups in total. The van der Waals surface area contributed by atoms with E-state index in [0.717, 1.165) is 17.7 Å². The standard InChI is InChI=1S/C24H34O4S/c1-17(16-29-19-11-9-8-10-12-19)18-13-14-24(15-18,20(25)27-22(2,3)4)21(26)28-23(5,6)7/h8-12,18H,1,13-16H2,2-7H3. The number of benzene rings is 1. The molecule has 0 spiro atoms. The number of carbonyl (C=O) groups is 2. The van der Waals surface area contributed by atoms with Crippen molar-refractivity contribution >= 4 is 23.7 Å². The maximum atomic E-state index is 13.1. The van der Waals surface area contributed by atoms with E-state index in [2.05, 4.69) is 18.7 Å². The highest BCUT2D eigenvalue weighted by Crippen LogP contribution is 2.48. The predicted octanol–water partition coefficient (Wildman–Crippen LogP) is 5.80. The molecule has 0 aromatic heterocycles. The monoisotopic (exact) mass is 418 g/mol. The molecule has 1 aromatic rings. The van der Waals surface area contributed by atoms with Gasteiger partial charge in [0.25, 0.3) is 0 Å². The van der Waals surface area contributed by atoms with Crippen LogP contribution in [0.2, 0.25) is 0 Å².